The summed E-state index contributed by atoms with van der Waals surface area (Å²) >= 11 is 0. The number of benzene rings is 1. The largest absolute Gasteiger partial charge is 0.397 e. The van der Waals surface area contributed by atoms with E-state index in [1.165, 1.54) is 6.42 Å². The Morgan fingerprint density at radius 2 is 2.00 bits per heavy atom. The molecule has 1 amide bonds. The summed E-state index contributed by atoms with van der Waals surface area (Å²) in [5, 5.41) is 2.91. The molecule has 0 spiro atoms. The molecule has 2 heterocycles. The molecular formula is C16H24N4O. The number of nitrogens with zero attached hydrogens (tertiary/aromatic N) is 2. The van der Waals surface area contributed by atoms with Gasteiger partial charge in [0, 0.05) is 37.9 Å². The van der Waals surface area contributed by atoms with Crippen molar-refractivity contribution in [2.24, 2.45) is 0 Å². The Kier molecular flexibility index (Phi) is 3.76. The zero-order valence-electron chi connectivity index (χ0n) is 12.9. The van der Waals surface area contributed by atoms with Gasteiger partial charge in [-0.15, -0.1) is 0 Å². The van der Waals surface area contributed by atoms with Gasteiger partial charge in [-0.05, 0) is 31.0 Å². The number of nitrogens with one attached hydrogen (secondary N) is 1. The van der Waals surface area contributed by atoms with E-state index in [9.17, 15) is 4.79 Å². The van der Waals surface area contributed by atoms with Crippen LogP contribution in [-0.4, -0.2) is 43.0 Å². The molecule has 0 saturated carbocycles. The minimum atomic E-state index is 0.0585. The van der Waals surface area contributed by atoms with E-state index in [1.54, 1.807) is 0 Å². The molecule has 0 bridgehead atoms. The van der Waals surface area contributed by atoms with Crippen LogP contribution in [0.1, 0.15) is 25.8 Å². The molecule has 1 fully saturated rings. The summed E-state index contributed by atoms with van der Waals surface area (Å²) in [6, 6.07) is 4.63. The summed E-state index contributed by atoms with van der Waals surface area (Å²) in [6.07, 6.45) is 1.63. The number of piperazine rings is 1. The lowest BCUT2D eigenvalue weighted by Gasteiger charge is -2.39. The van der Waals surface area contributed by atoms with Crippen LogP contribution >= 0.6 is 0 Å². The van der Waals surface area contributed by atoms with E-state index in [4.69, 9.17) is 5.73 Å². The van der Waals surface area contributed by atoms with Crippen LogP contribution in [0, 0.1) is 0 Å². The maximum atomic E-state index is 11.5. The lowest BCUT2D eigenvalue weighted by atomic mass is 10.1. The van der Waals surface area contributed by atoms with Crippen LogP contribution in [0.2, 0.25) is 0 Å². The van der Waals surface area contributed by atoms with E-state index in [0.717, 1.165) is 48.8 Å². The minimum Gasteiger partial charge on any atom is -0.397 e. The molecule has 1 unspecified atom stereocenters. The summed E-state index contributed by atoms with van der Waals surface area (Å²) in [7, 11) is 0. The maximum Gasteiger partial charge on any atom is 0.228 e. The molecule has 1 aromatic rings. The highest BCUT2D eigenvalue weighted by Crippen LogP contribution is 2.34. The summed E-state index contributed by atoms with van der Waals surface area (Å²) in [6.45, 7) is 8.63. The average molecular weight is 288 g/mol. The zero-order valence-corrected chi connectivity index (χ0v) is 12.9. The van der Waals surface area contributed by atoms with Crippen LogP contribution < -0.4 is 16.0 Å². The van der Waals surface area contributed by atoms with Crippen molar-refractivity contribution in [2.75, 3.05) is 42.1 Å². The van der Waals surface area contributed by atoms with Gasteiger partial charge in [0.15, 0.2) is 0 Å². The molecule has 21 heavy (non-hydrogen) atoms. The number of rotatable bonds is 3. The van der Waals surface area contributed by atoms with Gasteiger partial charge in [0.2, 0.25) is 5.91 Å². The van der Waals surface area contributed by atoms with Gasteiger partial charge in [-0.2, -0.15) is 0 Å². The third-order valence-corrected chi connectivity index (χ3v) is 4.75. The Morgan fingerprint density at radius 1 is 1.29 bits per heavy atom. The fraction of sp³-hybridized carbons (Fsp3) is 0.562. The first-order chi connectivity index (χ1) is 10.1. The Balaban J connectivity index is 1.74. The van der Waals surface area contributed by atoms with Crippen molar-refractivity contribution >= 4 is 23.0 Å². The topological polar surface area (TPSA) is 61.6 Å². The van der Waals surface area contributed by atoms with Crippen LogP contribution in [0.5, 0.6) is 0 Å². The number of carbonyl (C=O) groups is 1. The van der Waals surface area contributed by atoms with E-state index in [1.807, 2.05) is 12.1 Å². The van der Waals surface area contributed by atoms with Crippen LogP contribution in [0.15, 0.2) is 12.1 Å². The number of nitrogens with two attached hydrogens (primary N) is 1. The van der Waals surface area contributed by atoms with E-state index in [2.05, 4.69) is 29.0 Å². The zero-order chi connectivity index (χ0) is 15.0. The van der Waals surface area contributed by atoms with Crippen molar-refractivity contribution in [3.05, 3.63) is 17.7 Å². The van der Waals surface area contributed by atoms with Gasteiger partial charge in [-0.25, -0.2) is 0 Å². The normalized spacial score (nSPS) is 20.3. The second-order valence-electron chi connectivity index (χ2n) is 6.07. The SMILES string of the molecule is CCC(C)N1CCN(c2cc3c(cc2N)CC(=O)N3)CC1. The second kappa shape index (κ2) is 5.56. The molecule has 114 valence electrons. The van der Waals surface area contributed by atoms with Gasteiger partial charge in [0.25, 0.3) is 0 Å². The van der Waals surface area contributed by atoms with Gasteiger partial charge >= 0.3 is 0 Å². The fourth-order valence-corrected chi connectivity index (χ4v) is 3.22. The van der Waals surface area contributed by atoms with Crippen LogP contribution in [0.25, 0.3) is 0 Å². The standard InChI is InChI=1S/C16H24N4O/c1-3-11(2)19-4-6-20(7-5-19)15-10-14-12(8-13(15)17)9-16(21)18-14/h8,10-11H,3-7,9,17H2,1-2H3,(H,18,21). The Labute approximate surface area is 126 Å². The maximum absolute atomic E-state index is 11.5. The lowest BCUT2D eigenvalue weighted by Crippen LogP contribution is -2.49. The fourth-order valence-electron chi connectivity index (χ4n) is 3.22. The molecule has 5 nitrogen and oxygen atoms in total. The minimum absolute atomic E-state index is 0.0585. The second-order valence-corrected chi connectivity index (χ2v) is 6.07. The van der Waals surface area contributed by atoms with Crippen molar-refractivity contribution in [1.82, 2.24) is 4.90 Å². The Bertz CT molecular complexity index is 549. The molecule has 0 aromatic heterocycles. The molecule has 2 aliphatic rings. The van der Waals surface area contributed by atoms with Gasteiger partial charge < -0.3 is 16.0 Å². The van der Waals surface area contributed by atoms with Crippen LogP contribution in [0.4, 0.5) is 17.1 Å². The number of carbonyl (C=O) groups excluding carboxylic acids is 1. The molecule has 1 aromatic carbocycles. The Hall–Kier alpha value is -1.75. The average Bonchev–Trinajstić information content (AvgIpc) is 2.85. The van der Waals surface area contributed by atoms with Gasteiger partial charge in [0.1, 0.15) is 0 Å². The molecular weight excluding hydrogens is 264 g/mol. The third kappa shape index (κ3) is 2.70. The van der Waals surface area contributed by atoms with E-state index < -0.39 is 0 Å². The quantitative estimate of drug-likeness (QED) is 0.831. The predicted molar refractivity (Wildman–Crippen MR) is 86.7 cm³/mol. The Morgan fingerprint density at radius 3 is 2.67 bits per heavy atom. The molecule has 2 aliphatic heterocycles. The monoisotopic (exact) mass is 288 g/mol. The molecule has 0 aliphatic carbocycles. The number of anilines is 3. The predicted octanol–water partition coefficient (Wildman–Crippen LogP) is 1.68. The summed E-state index contributed by atoms with van der Waals surface area (Å²) in [5.41, 5.74) is 9.97. The lowest BCUT2D eigenvalue weighted by molar-refractivity contribution is -0.115. The van der Waals surface area contributed by atoms with E-state index >= 15 is 0 Å². The van der Waals surface area contributed by atoms with Gasteiger partial charge in [-0.3, -0.25) is 9.69 Å². The molecule has 5 heteroatoms. The highest BCUT2D eigenvalue weighted by atomic mass is 16.1. The van der Waals surface area contributed by atoms with Gasteiger partial charge in [0.05, 0.1) is 17.8 Å². The van der Waals surface area contributed by atoms with E-state index in [-0.39, 0.29) is 5.91 Å². The summed E-state index contributed by atoms with van der Waals surface area (Å²) in [5.74, 6) is 0.0585. The molecule has 3 N–H and O–H groups in total. The van der Waals surface area contributed by atoms with Crippen molar-refractivity contribution in [2.45, 2.75) is 32.7 Å². The van der Waals surface area contributed by atoms with Gasteiger partial charge in [-0.1, -0.05) is 6.92 Å². The van der Waals surface area contributed by atoms with Crippen molar-refractivity contribution < 1.29 is 4.79 Å². The van der Waals surface area contributed by atoms with Crippen LogP contribution in [0.3, 0.4) is 0 Å². The number of hydrogen-bond acceptors (Lipinski definition) is 4. The first-order valence-electron chi connectivity index (χ1n) is 7.79. The van der Waals surface area contributed by atoms with Crippen molar-refractivity contribution in [3.63, 3.8) is 0 Å². The molecule has 3 rings (SSSR count). The third-order valence-electron chi connectivity index (χ3n) is 4.75. The molecule has 0 radical (unpaired) electrons. The van der Waals surface area contributed by atoms with Crippen LogP contribution in [-0.2, 0) is 11.2 Å². The number of amides is 1. The van der Waals surface area contributed by atoms with Crippen molar-refractivity contribution in [1.29, 1.82) is 0 Å². The van der Waals surface area contributed by atoms with Crippen molar-refractivity contribution in [3.8, 4) is 0 Å². The first-order valence-corrected chi connectivity index (χ1v) is 7.79. The number of nitrogen functional groups attached to an aromatic ring is 1. The summed E-state index contributed by atoms with van der Waals surface area (Å²) < 4.78 is 0. The molecule has 1 atom stereocenters. The number of fused-ring (bicyclic) bond motifs is 1. The summed E-state index contributed by atoms with van der Waals surface area (Å²) in [4.78, 5) is 16.3. The smallest absolute Gasteiger partial charge is 0.228 e. The highest BCUT2D eigenvalue weighted by Gasteiger charge is 2.24. The molecule has 1 saturated heterocycles. The number of hydrogen-bond donors (Lipinski definition) is 2. The first kappa shape index (κ1) is 14.2. The highest BCUT2D eigenvalue weighted by molar-refractivity contribution is 6.00. The van der Waals surface area contributed by atoms with E-state index in [0.29, 0.717) is 12.5 Å².